The summed E-state index contributed by atoms with van der Waals surface area (Å²) >= 11 is 18.9. The van der Waals surface area contributed by atoms with Crippen LogP contribution in [0.25, 0.3) is 0 Å². The predicted molar refractivity (Wildman–Crippen MR) is 142 cm³/mol. The van der Waals surface area contributed by atoms with E-state index >= 15 is 0 Å². The minimum atomic E-state index is -0.851. The van der Waals surface area contributed by atoms with Crippen molar-refractivity contribution in [1.29, 1.82) is 0 Å². The van der Waals surface area contributed by atoms with Crippen molar-refractivity contribution < 1.29 is 23.8 Å². The molecule has 0 aliphatic heterocycles. The normalized spacial score (nSPS) is 10.9. The van der Waals surface area contributed by atoms with Crippen LogP contribution in [0.3, 0.4) is 0 Å². The van der Waals surface area contributed by atoms with Crippen molar-refractivity contribution in [3.8, 4) is 11.5 Å². The average Bonchev–Trinajstić information content (AvgIpc) is 2.81. The van der Waals surface area contributed by atoms with Crippen LogP contribution in [0.5, 0.6) is 11.5 Å². The van der Waals surface area contributed by atoms with Crippen molar-refractivity contribution >= 4 is 52.4 Å². The lowest BCUT2D eigenvalue weighted by Gasteiger charge is -2.23. The number of anilines is 1. The second-order valence-corrected chi connectivity index (χ2v) is 9.15. The molecule has 2 N–H and O–H groups in total. The maximum Gasteiger partial charge on any atom is 0.326 e. The Morgan fingerprint density at radius 1 is 0.917 bits per heavy atom. The van der Waals surface area contributed by atoms with Crippen molar-refractivity contribution in [2.24, 2.45) is 0 Å². The fourth-order valence-corrected chi connectivity index (χ4v) is 4.38. The second-order valence-electron chi connectivity index (χ2n) is 7.96. The number of urea groups is 1. The number of nitrogens with one attached hydrogen (secondary N) is 2. The van der Waals surface area contributed by atoms with Crippen molar-refractivity contribution in [2.75, 3.05) is 19.5 Å². The van der Waals surface area contributed by atoms with E-state index in [1.165, 1.54) is 26.4 Å². The monoisotopic (exact) mass is 550 g/mol. The average molecular weight is 552 g/mol. The zero-order chi connectivity index (χ0) is 26.6. The van der Waals surface area contributed by atoms with Crippen LogP contribution in [0, 0.1) is 20.8 Å². The van der Waals surface area contributed by atoms with E-state index in [9.17, 15) is 9.59 Å². The van der Waals surface area contributed by atoms with Crippen molar-refractivity contribution in [3.05, 3.63) is 85.3 Å². The Morgan fingerprint density at radius 2 is 1.56 bits per heavy atom. The van der Waals surface area contributed by atoms with Gasteiger partial charge in [0.15, 0.2) is 12.0 Å². The molecule has 10 heteroatoms. The largest absolute Gasteiger partial charge is 0.455 e. The molecular weight excluding hydrogens is 527 g/mol. The van der Waals surface area contributed by atoms with Crippen LogP contribution in [0.2, 0.25) is 15.1 Å². The molecule has 0 heterocycles. The number of ether oxygens (including phenoxy) is 3. The van der Waals surface area contributed by atoms with E-state index in [0.29, 0.717) is 28.3 Å². The summed E-state index contributed by atoms with van der Waals surface area (Å²) in [6.07, 6.45) is -0.851. The van der Waals surface area contributed by atoms with Crippen LogP contribution >= 0.6 is 34.8 Å². The van der Waals surface area contributed by atoms with Crippen molar-refractivity contribution in [3.63, 3.8) is 0 Å². The van der Waals surface area contributed by atoms with Crippen LogP contribution in [-0.2, 0) is 9.47 Å². The third-order valence-corrected chi connectivity index (χ3v) is 6.47. The number of methoxy groups -OCH3 is 2. The molecule has 0 unspecified atom stereocenters. The number of carbonyl (C=O) groups is 2. The van der Waals surface area contributed by atoms with Gasteiger partial charge in [0, 0.05) is 19.9 Å². The van der Waals surface area contributed by atoms with Gasteiger partial charge in [-0.05, 0) is 56.2 Å². The van der Waals surface area contributed by atoms with Crippen LogP contribution in [0.4, 0.5) is 10.5 Å². The summed E-state index contributed by atoms with van der Waals surface area (Å²) in [6, 6.07) is 11.2. The standard InChI is InChI=1S/C26H25Cl3N2O5/c1-13-9-10-20(14(2)11-13)36-23-16(25(34-4)35-5)12-19(15(3)22(23)29)30-26(33)31-24(32)21-17(27)7-6-8-18(21)28/h6-12,25H,1-5H3,(H2,30,31,32,33). The fourth-order valence-electron chi connectivity index (χ4n) is 3.56. The van der Waals surface area contributed by atoms with Gasteiger partial charge in [-0.3, -0.25) is 10.1 Å². The first-order valence-corrected chi connectivity index (χ1v) is 11.9. The fraction of sp³-hybridized carbons (Fsp3) is 0.231. The number of aryl methyl sites for hydroxylation is 2. The van der Waals surface area contributed by atoms with Crippen LogP contribution < -0.4 is 15.4 Å². The Bertz CT molecular complexity index is 1290. The molecule has 3 rings (SSSR count). The summed E-state index contributed by atoms with van der Waals surface area (Å²) in [7, 11) is 2.93. The summed E-state index contributed by atoms with van der Waals surface area (Å²) < 4.78 is 17.1. The first-order valence-electron chi connectivity index (χ1n) is 10.8. The molecule has 0 bridgehead atoms. The third-order valence-electron chi connectivity index (χ3n) is 5.38. The molecule has 0 atom stereocenters. The van der Waals surface area contributed by atoms with Gasteiger partial charge in [0.05, 0.1) is 26.2 Å². The summed E-state index contributed by atoms with van der Waals surface area (Å²) in [5.41, 5.74) is 3.25. The molecule has 0 aliphatic carbocycles. The van der Waals surface area contributed by atoms with Crippen LogP contribution in [-0.4, -0.2) is 26.2 Å². The molecule has 0 spiro atoms. The van der Waals surface area contributed by atoms with E-state index in [1.807, 2.05) is 32.0 Å². The molecule has 0 saturated carbocycles. The highest BCUT2D eigenvalue weighted by Gasteiger charge is 2.25. The summed E-state index contributed by atoms with van der Waals surface area (Å²) in [6.45, 7) is 5.62. The molecule has 190 valence electrons. The van der Waals surface area contributed by atoms with Gasteiger partial charge in [-0.2, -0.15) is 0 Å². The van der Waals surface area contributed by atoms with Gasteiger partial charge >= 0.3 is 6.03 Å². The number of hydrogen-bond donors (Lipinski definition) is 2. The molecule has 7 nitrogen and oxygen atoms in total. The molecule has 0 radical (unpaired) electrons. The number of imide groups is 1. The number of amides is 3. The molecule has 36 heavy (non-hydrogen) atoms. The Kier molecular flexibility index (Phi) is 9.22. The molecule has 0 fully saturated rings. The van der Waals surface area contributed by atoms with Gasteiger partial charge in [0.2, 0.25) is 0 Å². The minimum Gasteiger partial charge on any atom is -0.455 e. The molecule has 3 aromatic rings. The molecule has 3 aromatic carbocycles. The van der Waals surface area contributed by atoms with Gasteiger partial charge < -0.3 is 19.5 Å². The lowest BCUT2D eigenvalue weighted by atomic mass is 10.1. The number of halogens is 3. The second kappa shape index (κ2) is 12.0. The van der Waals surface area contributed by atoms with Crippen molar-refractivity contribution in [1.82, 2.24) is 5.32 Å². The van der Waals surface area contributed by atoms with Gasteiger partial charge in [0.1, 0.15) is 5.75 Å². The highest BCUT2D eigenvalue weighted by Crippen LogP contribution is 2.43. The van der Waals surface area contributed by atoms with Gasteiger partial charge in [-0.25, -0.2) is 4.79 Å². The van der Waals surface area contributed by atoms with Gasteiger partial charge in [-0.1, -0.05) is 58.6 Å². The Labute approximate surface area is 224 Å². The lowest BCUT2D eigenvalue weighted by Crippen LogP contribution is -2.35. The first-order chi connectivity index (χ1) is 17.1. The quantitative estimate of drug-likeness (QED) is 0.295. The van der Waals surface area contributed by atoms with Crippen LogP contribution in [0.1, 0.15) is 38.9 Å². The topological polar surface area (TPSA) is 85.9 Å². The van der Waals surface area contributed by atoms with E-state index < -0.39 is 18.2 Å². The summed E-state index contributed by atoms with van der Waals surface area (Å²) in [4.78, 5) is 25.3. The van der Waals surface area contributed by atoms with Crippen LogP contribution in [0.15, 0.2) is 42.5 Å². The molecule has 0 aliphatic rings. The highest BCUT2D eigenvalue weighted by atomic mass is 35.5. The highest BCUT2D eigenvalue weighted by molar-refractivity contribution is 6.40. The van der Waals surface area contributed by atoms with E-state index in [-0.39, 0.29) is 20.6 Å². The van der Waals surface area contributed by atoms with Gasteiger partial charge in [-0.15, -0.1) is 0 Å². The Morgan fingerprint density at radius 3 is 2.14 bits per heavy atom. The smallest absolute Gasteiger partial charge is 0.326 e. The van der Waals surface area contributed by atoms with Gasteiger partial charge in [0.25, 0.3) is 5.91 Å². The maximum atomic E-state index is 12.7. The zero-order valence-electron chi connectivity index (χ0n) is 20.3. The van der Waals surface area contributed by atoms with E-state index in [2.05, 4.69) is 10.6 Å². The minimum absolute atomic E-state index is 0.0116. The Hall–Kier alpha value is -2.81. The zero-order valence-corrected chi connectivity index (χ0v) is 22.6. The predicted octanol–water partition coefficient (Wildman–Crippen LogP) is 7.62. The molecule has 0 aromatic heterocycles. The number of rotatable bonds is 7. The summed E-state index contributed by atoms with van der Waals surface area (Å²) in [5, 5.41) is 5.33. The molecular formula is C26H25Cl3N2O5. The molecule has 3 amide bonds. The summed E-state index contributed by atoms with van der Waals surface area (Å²) in [5.74, 6) is 0.169. The van der Waals surface area contributed by atoms with E-state index in [4.69, 9.17) is 49.0 Å². The third kappa shape index (κ3) is 6.11. The SMILES string of the molecule is COC(OC)c1cc(NC(=O)NC(=O)c2c(Cl)cccc2Cl)c(C)c(Cl)c1Oc1ccc(C)cc1C. The number of benzene rings is 3. The van der Waals surface area contributed by atoms with E-state index in [1.54, 1.807) is 19.1 Å². The number of carbonyl (C=O) groups excluding carboxylic acids is 2. The Balaban J connectivity index is 1.95. The maximum absolute atomic E-state index is 12.7. The number of hydrogen-bond acceptors (Lipinski definition) is 5. The molecule has 0 saturated heterocycles. The van der Waals surface area contributed by atoms with E-state index in [0.717, 1.165) is 11.1 Å². The lowest BCUT2D eigenvalue weighted by molar-refractivity contribution is -0.106. The van der Waals surface area contributed by atoms with Crippen molar-refractivity contribution in [2.45, 2.75) is 27.1 Å². The first kappa shape index (κ1) is 27.8.